The molecule has 1 aliphatic rings. The van der Waals surface area contributed by atoms with Crippen molar-refractivity contribution in [2.24, 2.45) is 5.10 Å². The van der Waals surface area contributed by atoms with Crippen molar-refractivity contribution in [2.45, 2.75) is 0 Å². The summed E-state index contributed by atoms with van der Waals surface area (Å²) in [5.74, 6) is 0.683. The monoisotopic (exact) mass is 468 g/mol. The lowest BCUT2D eigenvalue weighted by Crippen LogP contribution is -2.43. The average Bonchev–Trinajstić information content (AvgIpc) is 2.87. The Bertz CT molecular complexity index is 1310. The Hall–Kier alpha value is -4.12. The van der Waals surface area contributed by atoms with Gasteiger partial charge in [-0.05, 0) is 24.3 Å². The molecule has 11 heteroatoms. The highest BCUT2D eigenvalue weighted by molar-refractivity contribution is 5.83. The number of aromatic amines is 1. The summed E-state index contributed by atoms with van der Waals surface area (Å²) in [5, 5.41) is 4.39. The third-order valence-corrected chi connectivity index (χ3v) is 5.29. The number of nitrogens with one attached hydrogen (secondary N) is 1. The van der Waals surface area contributed by atoms with Crippen LogP contribution in [0.2, 0.25) is 0 Å². The van der Waals surface area contributed by atoms with Gasteiger partial charge in [0.2, 0.25) is 5.75 Å². The molecule has 1 aromatic heterocycles. The number of morpholine rings is 1. The molecular formula is C23H24N4O7. The lowest BCUT2D eigenvalue weighted by atomic mass is 10.2. The summed E-state index contributed by atoms with van der Waals surface area (Å²) in [5.41, 5.74) is -0.294. The van der Waals surface area contributed by atoms with Crippen molar-refractivity contribution >= 4 is 23.0 Å². The zero-order valence-electron chi connectivity index (χ0n) is 18.8. The third kappa shape index (κ3) is 4.79. The molecule has 3 aromatic rings. The van der Waals surface area contributed by atoms with E-state index in [1.165, 1.54) is 20.4 Å². The number of methoxy groups -OCH3 is 2. The highest BCUT2D eigenvalue weighted by Gasteiger charge is 2.20. The normalized spacial score (nSPS) is 13.9. The van der Waals surface area contributed by atoms with Gasteiger partial charge in [0.25, 0.3) is 11.5 Å². The molecule has 0 radical (unpaired) electrons. The molecule has 34 heavy (non-hydrogen) atoms. The van der Waals surface area contributed by atoms with E-state index < -0.39 is 11.2 Å². The number of para-hydroxylation sites is 1. The van der Waals surface area contributed by atoms with Crippen molar-refractivity contribution < 1.29 is 23.7 Å². The lowest BCUT2D eigenvalue weighted by Gasteiger charge is -2.27. The first-order valence-electron chi connectivity index (χ1n) is 10.5. The number of aromatic nitrogens is 2. The fraction of sp³-hybridized carbons (Fsp3) is 0.304. The van der Waals surface area contributed by atoms with Crippen LogP contribution in [0.15, 0.2) is 51.1 Å². The van der Waals surface area contributed by atoms with Crippen molar-refractivity contribution in [1.82, 2.24) is 14.6 Å². The average molecular weight is 468 g/mol. The zero-order valence-corrected chi connectivity index (χ0v) is 18.8. The standard InChI is InChI=1S/C23H24N4O7/c1-31-18-11-15(13-24-27-22(29)16-5-3-4-6-17(16)25-23(27)30)12-19(32-2)21(18)34-14-20(28)26-7-9-33-10-8-26/h3-6,11-13H,7-10,14H2,1-2H3,(H,25,30). The lowest BCUT2D eigenvalue weighted by molar-refractivity contribution is -0.137. The first-order chi connectivity index (χ1) is 16.5. The van der Waals surface area contributed by atoms with Gasteiger partial charge in [-0.3, -0.25) is 9.59 Å². The third-order valence-electron chi connectivity index (χ3n) is 5.29. The Morgan fingerprint density at radius 3 is 2.47 bits per heavy atom. The molecule has 0 atom stereocenters. The van der Waals surface area contributed by atoms with Crippen LogP contribution >= 0.6 is 0 Å². The number of rotatable bonds is 7. The van der Waals surface area contributed by atoms with Crippen LogP contribution in [0, 0.1) is 0 Å². The Labute approximate surface area is 194 Å². The molecule has 2 aromatic carbocycles. The number of benzene rings is 2. The van der Waals surface area contributed by atoms with Gasteiger partial charge in [-0.25, -0.2) is 4.79 Å². The molecule has 0 bridgehead atoms. The van der Waals surface area contributed by atoms with Gasteiger partial charge in [0, 0.05) is 18.7 Å². The number of ether oxygens (including phenoxy) is 4. The largest absolute Gasteiger partial charge is 0.493 e. The topological polar surface area (TPSA) is 124 Å². The second-order valence-electron chi connectivity index (χ2n) is 7.37. The summed E-state index contributed by atoms with van der Waals surface area (Å²) in [6.07, 6.45) is 1.33. The summed E-state index contributed by atoms with van der Waals surface area (Å²) in [6.45, 7) is 1.82. The summed E-state index contributed by atoms with van der Waals surface area (Å²) < 4.78 is 22.6. The summed E-state index contributed by atoms with van der Waals surface area (Å²) in [6, 6.07) is 9.87. The molecule has 0 unspecified atom stereocenters. The maximum atomic E-state index is 12.7. The van der Waals surface area contributed by atoms with Gasteiger partial charge >= 0.3 is 5.69 Å². The molecule has 1 N–H and O–H groups in total. The smallest absolute Gasteiger partial charge is 0.349 e. The highest BCUT2D eigenvalue weighted by atomic mass is 16.5. The van der Waals surface area contributed by atoms with E-state index in [0.29, 0.717) is 54.3 Å². The van der Waals surface area contributed by atoms with Crippen LogP contribution in [-0.4, -0.2) is 73.8 Å². The Morgan fingerprint density at radius 1 is 1.12 bits per heavy atom. The molecule has 178 valence electrons. The Kier molecular flexibility index (Phi) is 6.93. The van der Waals surface area contributed by atoms with Gasteiger partial charge in [-0.2, -0.15) is 5.10 Å². The molecule has 1 amide bonds. The van der Waals surface area contributed by atoms with E-state index in [4.69, 9.17) is 18.9 Å². The van der Waals surface area contributed by atoms with Crippen LogP contribution in [0.3, 0.4) is 0 Å². The Balaban J connectivity index is 1.60. The first-order valence-corrected chi connectivity index (χ1v) is 10.5. The predicted molar refractivity (Wildman–Crippen MR) is 124 cm³/mol. The number of fused-ring (bicyclic) bond motifs is 1. The molecule has 11 nitrogen and oxygen atoms in total. The molecule has 4 rings (SSSR count). The van der Waals surface area contributed by atoms with Crippen molar-refractivity contribution in [2.75, 3.05) is 47.1 Å². The van der Waals surface area contributed by atoms with Gasteiger partial charge < -0.3 is 28.8 Å². The number of hydrogen-bond donors (Lipinski definition) is 1. The van der Waals surface area contributed by atoms with Crippen LogP contribution in [0.25, 0.3) is 10.9 Å². The molecular weight excluding hydrogens is 444 g/mol. The number of H-pyrrole nitrogens is 1. The maximum Gasteiger partial charge on any atom is 0.349 e. The summed E-state index contributed by atoms with van der Waals surface area (Å²) in [7, 11) is 2.90. The van der Waals surface area contributed by atoms with Crippen LogP contribution in [0.4, 0.5) is 0 Å². The van der Waals surface area contributed by atoms with Crippen molar-refractivity contribution in [3.63, 3.8) is 0 Å². The van der Waals surface area contributed by atoms with Crippen molar-refractivity contribution in [3.05, 3.63) is 62.8 Å². The zero-order chi connectivity index (χ0) is 24.1. The number of carbonyl (C=O) groups is 1. The van der Waals surface area contributed by atoms with E-state index in [2.05, 4.69) is 10.1 Å². The van der Waals surface area contributed by atoms with Gasteiger partial charge in [0.15, 0.2) is 18.1 Å². The highest BCUT2D eigenvalue weighted by Crippen LogP contribution is 2.38. The van der Waals surface area contributed by atoms with Gasteiger partial charge in [0.05, 0.1) is 44.6 Å². The van der Waals surface area contributed by atoms with Gasteiger partial charge in [0.1, 0.15) is 0 Å². The van der Waals surface area contributed by atoms with Crippen LogP contribution < -0.4 is 25.5 Å². The van der Waals surface area contributed by atoms with E-state index in [9.17, 15) is 14.4 Å². The first kappa shape index (κ1) is 23.1. The fourth-order valence-corrected chi connectivity index (χ4v) is 3.54. The van der Waals surface area contributed by atoms with E-state index in [1.54, 1.807) is 41.3 Å². The Morgan fingerprint density at radius 2 is 1.79 bits per heavy atom. The van der Waals surface area contributed by atoms with Gasteiger partial charge in [-0.15, -0.1) is 4.68 Å². The molecule has 0 aliphatic carbocycles. The SMILES string of the molecule is COc1cc(C=Nn2c(=O)[nH]c3ccccc3c2=O)cc(OC)c1OCC(=O)N1CCOCC1. The molecule has 1 fully saturated rings. The van der Waals surface area contributed by atoms with E-state index in [-0.39, 0.29) is 18.3 Å². The molecule has 1 aliphatic heterocycles. The number of carbonyl (C=O) groups excluding carboxylic acids is 1. The molecule has 0 spiro atoms. The van der Waals surface area contributed by atoms with Crippen LogP contribution in [0.5, 0.6) is 17.2 Å². The minimum Gasteiger partial charge on any atom is -0.493 e. The second kappa shape index (κ2) is 10.2. The summed E-state index contributed by atoms with van der Waals surface area (Å²) >= 11 is 0. The van der Waals surface area contributed by atoms with Crippen molar-refractivity contribution in [1.29, 1.82) is 0 Å². The molecule has 2 heterocycles. The quantitative estimate of drug-likeness (QED) is 0.509. The maximum absolute atomic E-state index is 12.7. The minimum absolute atomic E-state index is 0.173. The molecule has 0 saturated carbocycles. The summed E-state index contributed by atoms with van der Waals surface area (Å²) in [4.78, 5) is 41.7. The van der Waals surface area contributed by atoms with E-state index in [1.807, 2.05) is 0 Å². The number of amides is 1. The van der Waals surface area contributed by atoms with Crippen LogP contribution in [-0.2, 0) is 9.53 Å². The number of nitrogens with zero attached hydrogens (tertiary/aromatic N) is 3. The van der Waals surface area contributed by atoms with Crippen molar-refractivity contribution in [3.8, 4) is 17.2 Å². The van der Waals surface area contributed by atoms with E-state index >= 15 is 0 Å². The predicted octanol–water partition coefficient (Wildman–Crippen LogP) is 0.827. The molecule has 1 saturated heterocycles. The number of hydrogen-bond acceptors (Lipinski definition) is 8. The van der Waals surface area contributed by atoms with Crippen LogP contribution in [0.1, 0.15) is 5.56 Å². The minimum atomic E-state index is -0.666. The second-order valence-corrected chi connectivity index (χ2v) is 7.37. The van der Waals surface area contributed by atoms with E-state index in [0.717, 1.165) is 4.68 Å². The van der Waals surface area contributed by atoms with Gasteiger partial charge in [-0.1, -0.05) is 12.1 Å². The fourth-order valence-electron chi connectivity index (χ4n) is 3.54.